The standard InChI is InChI=1S/C34H43F2N5O3/c1-23-4-5-28(31(16-23)44-3)22-40-32(42)10-14-39(33(40)43)30-20-37-41-15-9-27(19-29(30)41)18-26-8-13-38(24(2)17-26)21-25-6-11-34(35,36)12-7-25/h4-5,9,15-16,19-20,24-26H,6-8,10-14,17-18,21-22H2,1-3H3/t24-,26+/m0/s1. The van der Waals surface area contributed by atoms with Crippen LogP contribution in [0.2, 0.25) is 0 Å². The molecule has 2 aliphatic heterocycles. The van der Waals surface area contributed by atoms with Crippen molar-refractivity contribution >= 4 is 23.1 Å². The minimum atomic E-state index is -2.47. The highest BCUT2D eigenvalue weighted by Crippen LogP contribution is 2.38. The fraction of sp³-hybridized carbons (Fsp3) is 0.559. The van der Waals surface area contributed by atoms with Crippen molar-refractivity contribution in [3.8, 4) is 5.75 Å². The van der Waals surface area contributed by atoms with E-state index in [9.17, 15) is 18.4 Å². The molecular formula is C34H43F2N5O3. The van der Waals surface area contributed by atoms with Gasteiger partial charge in [0.25, 0.3) is 0 Å². The molecule has 2 aromatic heterocycles. The summed E-state index contributed by atoms with van der Waals surface area (Å²) in [5, 5.41) is 4.51. The second-order valence-corrected chi connectivity index (χ2v) is 13.1. The van der Waals surface area contributed by atoms with Crippen molar-refractivity contribution in [2.75, 3.05) is 31.6 Å². The van der Waals surface area contributed by atoms with E-state index in [1.54, 1.807) is 22.7 Å². The van der Waals surface area contributed by atoms with E-state index in [-0.39, 0.29) is 37.7 Å². The van der Waals surface area contributed by atoms with Crippen LogP contribution in [0, 0.1) is 18.8 Å². The third kappa shape index (κ3) is 6.46. The van der Waals surface area contributed by atoms with Crippen LogP contribution in [0.4, 0.5) is 19.3 Å². The molecule has 10 heteroatoms. The van der Waals surface area contributed by atoms with Gasteiger partial charge in [0.1, 0.15) is 5.75 Å². The van der Waals surface area contributed by atoms with E-state index in [1.165, 1.54) is 10.5 Å². The molecule has 4 heterocycles. The number of ether oxygens (including phenoxy) is 1. The molecule has 3 aliphatic rings. The SMILES string of the molecule is COc1cc(C)ccc1CN1C(=O)CCN(c2cnn3ccc(C[C@@H]4CCN(CC5CCC(F)(F)CC5)[C@@H](C)C4)cc23)C1=O. The number of urea groups is 1. The molecule has 0 spiro atoms. The summed E-state index contributed by atoms with van der Waals surface area (Å²) in [6.07, 6.45) is 8.27. The van der Waals surface area contributed by atoms with Crippen LogP contribution in [-0.4, -0.2) is 70.1 Å². The summed E-state index contributed by atoms with van der Waals surface area (Å²) in [6.45, 7) is 6.61. The summed E-state index contributed by atoms with van der Waals surface area (Å²) in [5.41, 5.74) is 4.56. The lowest BCUT2D eigenvalue weighted by molar-refractivity contribution is -0.129. The zero-order valence-corrected chi connectivity index (χ0v) is 26.0. The number of carbonyl (C=O) groups is 2. The number of piperidine rings is 1. The zero-order chi connectivity index (χ0) is 31.0. The minimum absolute atomic E-state index is 0.0282. The first-order valence-electron chi connectivity index (χ1n) is 15.9. The first-order valence-corrected chi connectivity index (χ1v) is 15.9. The number of halogens is 2. The van der Waals surface area contributed by atoms with Gasteiger partial charge in [0.2, 0.25) is 11.8 Å². The fourth-order valence-electron chi connectivity index (χ4n) is 7.29. The van der Waals surface area contributed by atoms with Crippen molar-refractivity contribution in [2.45, 2.75) is 83.7 Å². The Kier molecular flexibility index (Phi) is 8.64. The summed E-state index contributed by atoms with van der Waals surface area (Å²) in [4.78, 5) is 32.1. The molecule has 0 unspecified atom stereocenters. The van der Waals surface area contributed by atoms with Gasteiger partial charge in [0, 0.05) is 50.2 Å². The number of anilines is 1. The van der Waals surface area contributed by atoms with Gasteiger partial charge < -0.3 is 9.64 Å². The van der Waals surface area contributed by atoms with E-state index in [2.05, 4.69) is 29.1 Å². The Morgan fingerprint density at radius 1 is 1.05 bits per heavy atom. The fourth-order valence-corrected chi connectivity index (χ4v) is 7.29. The van der Waals surface area contributed by atoms with E-state index in [1.807, 2.05) is 31.3 Å². The van der Waals surface area contributed by atoms with Crippen molar-refractivity contribution in [1.82, 2.24) is 19.4 Å². The molecule has 3 fully saturated rings. The number of hydrogen-bond acceptors (Lipinski definition) is 5. The van der Waals surface area contributed by atoms with E-state index < -0.39 is 5.92 Å². The molecule has 44 heavy (non-hydrogen) atoms. The second kappa shape index (κ2) is 12.5. The molecule has 2 saturated heterocycles. The topological polar surface area (TPSA) is 70.4 Å². The van der Waals surface area contributed by atoms with Gasteiger partial charge in [-0.1, -0.05) is 12.1 Å². The third-order valence-corrected chi connectivity index (χ3v) is 9.92. The molecule has 3 aromatic rings. The molecule has 1 saturated carbocycles. The first-order chi connectivity index (χ1) is 21.1. The van der Waals surface area contributed by atoms with E-state index in [4.69, 9.17) is 4.74 Å². The number of amides is 3. The van der Waals surface area contributed by atoms with Crippen molar-refractivity contribution in [2.24, 2.45) is 11.8 Å². The largest absolute Gasteiger partial charge is 0.496 e. The molecule has 8 nitrogen and oxygen atoms in total. The maximum absolute atomic E-state index is 13.7. The highest BCUT2D eigenvalue weighted by molar-refractivity contribution is 6.07. The Morgan fingerprint density at radius 3 is 2.59 bits per heavy atom. The number of methoxy groups -OCH3 is 1. The highest BCUT2D eigenvalue weighted by atomic mass is 19.3. The summed E-state index contributed by atoms with van der Waals surface area (Å²) in [7, 11) is 1.59. The molecule has 1 aliphatic carbocycles. The molecule has 236 valence electrons. The van der Waals surface area contributed by atoms with E-state index >= 15 is 0 Å². The summed E-state index contributed by atoms with van der Waals surface area (Å²) < 4.78 is 34.5. The molecule has 0 N–H and O–H groups in total. The van der Waals surface area contributed by atoms with E-state index in [0.29, 0.717) is 48.7 Å². The van der Waals surface area contributed by atoms with Crippen molar-refractivity contribution in [3.05, 3.63) is 59.4 Å². The van der Waals surface area contributed by atoms with Crippen LogP contribution < -0.4 is 9.64 Å². The zero-order valence-electron chi connectivity index (χ0n) is 26.0. The molecule has 2 atom stereocenters. The number of benzene rings is 1. The number of fused-ring (bicyclic) bond motifs is 1. The number of aryl methyl sites for hydroxylation is 1. The number of aromatic nitrogens is 2. The van der Waals surface area contributed by atoms with Gasteiger partial charge in [-0.3, -0.25) is 14.6 Å². The predicted octanol–water partition coefficient (Wildman–Crippen LogP) is 6.48. The van der Waals surface area contributed by atoms with Crippen LogP contribution in [0.1, 0.15) is 68.6 Å². The quantitative estimate of drug-likeness (QED) is 0.293. The highest BCUT2D eigenvalue weighted by Gasteiger charge is 2.37. The summed E-state index contributed by atoms with van der Waals surface area (Å²) in [5.74, 6) is -1.12. The number of carbonyl (C=O) groups excluding carboxylic acids is 2. The Bertz CT molecular complexity index is 1510. The van der Waals surface area contributed by atoms with Crippen LogP contribution in [0.25, 0.3) is 5.52 Å². The third-order valence-electron chi connectivity index (χ3n) is 9.92. The molecule has 3 amide bonds. The van der Waals surface area contributed by atoms with Crippen molar-refractivity contribution in [3.63, 3.8) is 0 Å². The van der Waals surface area contributed by atoms with Crippen LogP contribution in [-0.2, 0) is 17.8 Å². The van der Waals surface area contributed by atoms with Crippen LogP contribution in [0.3, 0.4) is 0 Å². The van der Waals surface area contributed by atoms with Gasteiger partial charge in [-0.2, -0.15) is 5.10 Å². The lowest BCUT2D eigenvalue weighted by atomic mass is 9.83. The first kappa shape index (κ1) is 30.5. The van der Waals surface area contributed by atoms with Crippen LogP contribution in [0.15, 0.2) is 42.7 Å². The van der Waals surface area contributed by atoms with Gasteiger partial charge >= 0.3 is 6.03 Å². The lowest BCUT2D eigenvalue weighted by Crippen LogP contribution is -2.52. The second-order valence-electron chi connectivity index (χ2n) is 13.1. The number of likely N-dealkylation sites (tertiary alicyclic amines) is 1. The molecule has 6 rings (SSSR count). The van der Waals surface area contributed by atoms with Gasteiger partial charge in [-0.15, -0.1) is 0 Å². The summed E-state index contributed by atoms with van der Waals surface area (Å²) >= 11 is 0. The number of rotatable bonds is 8. The molecular weight excluding hydrogens is 564 g/mol. The average Bonchev–Trinajstić information content (AvgIpc) is 3.41. The maximum Gasteiger partial charge on any atom is 0.331 e. The number of imide groups is 1. The normalized spacial score (nSPS) is 23.5. The Morgan fingerprint density at radius 2 is 1.84 bits per heavy atom. The Hall–Kier alpha value is -3.53. The number of pyridine rings is 1. The Labute approximate surface area is 257 Å². The van der Waals surface area contributed by atoms with Crippen LogP contribution >= 0.6 is 0 Å². The minimum Gasteiger partial charge on any atom is -0.496 e. The average molecular weight is 608 g/mol. The smallest absolute Gasteiger partial charge is 0.331 e. The summed E-state index contributed by atoms with van der Waals surface area (Å²) in [6, 6.07) is 10.0. The van der Waals surface area contributed by atoms with E-state index in [0.717, 1.165) is 49.0 Å². The lowest BCUT2D eigenvalue weighted by Gasteiger charge is -2.41. The van der Waals surface area contributed by atoms with Gasteiger partial charge in [0.15, 0.2) is 0 Å². The van der Waals surface area contributed by atoms with Gasteiger partial charge in [0.05, 0.1) is 31.1 Å². The van der Waals surface area contributed by atoms with Crippen LogP contribution in [0.5, 0.6) is 5.75 Å². The number of hydrogen-bond donors (Lipinski definition) is 0. The van der Waals surface area contributed by atoms with Gasteiger partial charge in [-0.25, -0.2) is 18.1 Å². The molecule has 0 bridgehead atoms. The number of alkyl halides is 2. The Balaban J connectivity index is 1.12. The molecule has 1 aromatic carbocycles. The predicted molar refractivity (Wildman–Crippen MR) is 165 cm³/mol. The number of nitrogens with zero attached hydrogens (tertiary/aromatic N) is 5. The molecule has 0 radical (unpaired) electrons. The van der Waals surface area contributed by atoms with Crippen molar-refractivity contribution in [1.29, 1.82) is 0 Å². The maximum atomic E-state index is 13.7. The van der Waals surface area contributed by atoms with Gasteiger partial charge in [-0.05, 0) is 93.7 Å². The monoisotopic (exact) mass is 607 g/mol. The van der Waals surface area contributed by atoms with Crippen molar-refractivity contribution < 1.29 is 23.1 Å².